The zero-order valence-electron chi connectivity index (χ0n) is 82.5. The largest absolute Gasteiger partial charge is 0.376 e. The Morgan fingerprint density at radius 3 is 1.10 bits per heavy atom. The lowest BCUT2D eigenvalue weighted by atomic mass is 9.83. The molecule has 3 aliphatic carbocycles. The lowest BCUT2D eigenvalue weighted by molar-refractivity contribution is -0.138. The van der Waals surface area contributed by atoms with Crippen LogP contribution in [0, 0.1) is 25.7 Å². The van der Waals surface area contributed by atoms with Gasteiger partial charge in [-0.2, -0.15) is 0 Å². The van der Waals surface area contributed by atoms with E-state index in [4.69, 9.17) is 59.5 Å². The molecule has 0 bridgehead atoms. The molecule has 37 heteroatoms. The molecule has 0 radical (unpaired) electrons. The number of ether oxygens (including phenoxy) is 4. The van der Waals surface area contributed by atoms with E-state index < -0.39 is 6.10 Å². The highest BCUT2D eigenvalue weighted by Crippen LogP contribution is 2.39. The van der Waals surface area contributed by atoms with Gasteiger partial charge in [-0.3, -0.25) is 28.8 Å². The number of nitrogens with two attached hydrogens (primary N) is 1. The van der Waals surface area contributed by atoms with E-state index in [0.717, 1.165) is 117 Å². The Morgan fingerprint density at radius 1 is 0.377 bits per heavy atom. The number of fused-ring (bicyclic) bond motifs is 5. The highest BCUT2D eigenvalue weighted by atomic mass is 35.5. The summed E-state index contributed by atoms with van der Waals surface area (Å²) in [5.41, 5.74) is 16.3. The Morgan fingerprint density at radius 2 is 0.740 bits per heavy atom. The molecule has 0 unspecified atom stereocenters. The van der Waals surface area contributed by atoms with Crippen LogP contribution in [0.1, 0.15) is 220 Å². The van der Waals surface area contributed by atoms with Crippen molar-refractivity contribution in [3.05, 3.63) is 266 Å². The normalized spacial score (nSPS) is 20.4. The molecule has 0 spiro atoms. The van der Waals surface area contributed by atoms with Gasteiger partial charge in [-0.25, -0.2) is 49.8 Å². The van der Waals surface area contributed by atoms with Crippen molar-refractivity contribution >= 4 is 160 Å². The molecule has 1 amide bonds. The van der Waals surface area contributed by atoms with Crippen LogP contribution in [-0.4, -0.2) is 235 Å². The molecule has 3 aliphatic heterocycles. The minimum Gasteiger partial charge on any atom is -0.376 e. The Hall–Kier alpha value is -13.7. The Balaban J connectivity index is 0.000000125. The molecule has 13 N–H and O–H groups in total. The molecule has 34 nitrogen and oxygen atoms in total. The van der Waals surface area contributed by atoms with Gasteiger partial charge in [0.15, 0.2) is 28.9 Å². The molecule has 146 heavy (non-hydrogen) atoms. The number of nitrogens with zero attached hydrogens (tertiary/aromatic N) is 11. The van der Waals surface area contributed by atoms with Gasteiger partial charge in [-0.15, -0.1) is 0 Å². The summed E-state index contributed by atoms with van der Waals surface area (Å²) >= 11 is 18.7. The molecule has 21 rings (SSSR count). The zero-order chi connectivity index (χ0) is 102. The number of aromatic nitrogens is 15. The molecule has 760 valence electrons. The predicted molar refractivity (Wildman–Crippen MR) is 566 cm³/mol. The van der Waals surface area contributed by atoms with Crippen LogP contribution in [0.5, 0.6) is 0 Å². The van der Waals surface area contributed by atoms with E-state index in [1.807, 2.05) is 86.6 Å². The summed E-state index contributed by atoms with van der Waals surface area (Å²) in [6.07, 6.45) is 33.6. The number of H-pyrrole nitrogens is 5. The number of rotatable bonds is 28. The number of ketones is 6. The molecule has 15 aromatic rings. The van der Waals surface area contributed by atoms with Crippen molar-refractivity contribution in [2.45, 2.75) is 198 Å². The average molecular weight is 2040 g/mol. The van der Waals surface area contributed by atoms with Gasteiger partial charge in [0.1, 0.15) is 101 Å². The highest BCUT2D eigenvalue weighted by molar-refractivity contribution is 6.37. The summed E-state index contributed by atoms with van der Waals surface area (Å²) in [5.74, 6) is 4.15. The van der Waals surface area contributed by atoms with Crippen LogP contribution in [0.3, 0.4) is 0 Å². The van der Waals surface area contributed by atoms with Gasteiger partial charge >= 0.3 is 0 Å². The van der Waals surface area contributed by atoms with Gasteiger partial charge in [0, 0.05) is 109 Å². The third-order valence-electron chi connectivity index (χ3n) is 28.2. The minimum absolute atomic E-state index is 0.0444. The number of amides is 1. The Bertz CT molecular complexity index is 7100. The fourth-order valence-electron chi connectivity index (χ4n) is 20.0. The van der Waals surface area contributed by atoms with E-state index in [9.17, 15) is 33.6 Å². The average Bonchev–Trinajstić information content (AvgIpc) is 1.65. The Labute approximate surface area is 859 Å². The van der Waals surface area contributed by atoms with Gasteiger partial charge in [0.05, 0.1) is 121 Å². The van der Waals surface area contributed by atoms with Crippen LogP contribution in [0.25, 0.3) is 55.2 Å². The molecule has 13 heterocycles. The number of aryl methyl sites for hydroxylation is 2. The maximum Gasteiger partial charge on any atom is 0.249 e. The first-order chi connectivity index (χ1) is 71.0. The molecular weight excluding hydrogens is 1910 g/mol. The topological polar surface area (TPSA) is 466 Å². The van der Waals surface area contributed by atoms with Crippen molar-refractivity contribution in [1.82, 2.24) is 85.0 Å². The van der Waals surface area contributed by atoms with E-state index >= 15 is 0 Å². The van der Waals surface area contributed by atoms with E-state index in [1.165, 1.54) is 50.9 Å². The molecule has 5 aromatic carbocycles. The van der Waals surface area contributed by atoms with Gasteiger partial charge in [-0.1, -0.05) is 133 Å². The Kier molecular flexibility index (Phi) is 34.8. The number of benzene rings is 5. The first-order valence-electron chi connectivity index (χ1n) is 50.1. The molecule has 5 atom stereocenters. The van der Waals surface area contributed by atoms with Crippen LogP contribution in [0.15, 0.2) is 184 Å². The van der Waals surface area contributed by atoms with Crippen LogP contribution in [0.4, 0.5) is 29.1 Å². The van der Waals surface area contributed by atoms with Gasteiger partial charge in [-0.05, 0) is 197 Å². The highest BCUT2D eigenvalue weighted by Gasteiger charge is 2.34. The quantitative estimate of drug-likeness (QED) is 0.0203. The van der Waals surface area contributed by atoms with Crippen molar-refractivity contribution in [3.63, 3.8) is 0 Å². The first-order valence-corrected chi connectivity index (χ1v) is 51.2. The first kappa shape index (κ1) is 104. The standard InChI is InChI=1S/C25H29N5O5.C22H23ClN4O2.C21H24ClN5O.C21H23ClN4O.C20H23N5O2/c1-15-4-2-3-5-18(15)22(31)19-11-26-23-21(19)24(29-14-28-23)30-16-6-7-20(35-12-16)25(32)27-10-17-13-33-8-9-34-17;1-13(28)10-14-6-8-15(9-7-14)27-22-19-17(11-24-21(19)25-12-26-22)20(29)16-4-2-3-5-18(16)23;1-27(2)14-9-7-13(8-10-14)26-21-18-16(11-23-20(18)24-12-25-21)19(28)15-5-3-4-6-17(15)22;1-2-13-7-9-14(10-8-13)26-21-18-16(11-23-20(18)24-12-25-21)19(27)15-5-3-4-6-17(15)22;1-12-4-2-3-5-15(12)18(26)16-9-23-20-17(16)19(24-11-25-20)22-8-14-7-6-13(21)10-27-14/h2-5,11,14,16-17,20H,6-10,12-13H2,1H3,(H,27,32)(H2,26,28,29,30);2-5,11-12,14-15H,6-10H2,1H3,(H2,24,25,26,27);3-6,11-14H,7-10H2,1-2H3,(H2,23,24,25,26);3-6,11-14H,2,7-10H2,1H3,(H2,23,24,25,26);2-5,9,11,13-14H,6-8,10,21H2,1H3,(H2,22,23,24,25)/t16-,17+,20+;;;;13-,14+/m1...1/s1. The maximum atomic E-state index is 13.3. The number of carbonyl (C=O) groups excluding carboxylic acids is 7. The smallest absolute Gasteiger partial charge is 0.249 e. The van der Waals surface area contributed by atoms with E-state index in [2.05, 4.69) is 133 Å². The summed E-state index contributed by atoms with van der Waals surface area (Å²) < 4.78 is 22.5. The van der Waals surface area contributed by atoms with Gasteiger partial charge in [0.2, 0.25) is 5.91 Å². The molecule has 3 saturated carbocycles. The van der Waals surface area contributed by atoms with Crippen molar-refractivity contribution in [2.24, 2.45) is 17.6 Å². The van der Waals surface area contributed by atoms with Gasteiger partial charge in [0.25, 0.3) is 0 Å². The third kappa shape index (κ3) is 25.2. The number of halogens is 3. The number of hydrogen-bond acceptors (Lipinski definition) is 28. The van der Waals surface area contributed by atoms with E-state index in [0.29, 0.717) is 221 Å². The van der Waals surface area contributed by atoms with E-state index in [1.54, 1.807) is 86.4 Å². The van der Waals surface area contributed by atoms with Crippen molar-refractivity contribution in [2.75, 3.05) is 86.8 Å². The van der Waals surface area contributed by atoms with Crippen molar-refractivity contribution < 1.29 is 52.5 Å². The summed E-state index contributed by atoms with van der Waals surface area (Å²) in [6.45, 7) is 11.3. The second-order valence-electron chi connectivity index (χ2n) is 38.3. The summed E-state index contributed by atoms with van der Waals surface area (Å²) in [7, 11) is 4.28. The van der Waals surface area contributed by atoms with Crippen molar-refractivity contribution in [1.29, 1.82) is 0 Å². The molecule has 3 saturated heterocycles. The third-order valence-corrected chi connectivity index (χ3v) is 29.2. The summed E-state index contributed by atoms with van der Waals surface area (Å²) in [4.78, 5) is 151. The molecule has 10 aromatic heterocycles. The SMILES string of the molecule is CC(=O)CC1CCC(Nc2ncnc3[nH]cc(C(=O)c4ccccc4Cl)c23)CC1.CCC1CCC(Nc2ncnc3[nH]cc(C(=O)c4ccccc4Cl)c23)CC1.CN(C)C1CCC(Nc2ncnc3[nH]cc(C(=O)c4ccccc4Cl)c23)CC1.Cc1ccccc1C(=O)c1c[nH]c2ncnc(NC[C@@H]3CC[C@@H](N)CO3)c12.Cc1ccccc1C(=O)c1c[nH]c2ncnc(N[C@@H]3CC[C@@H](C(=O)NC[C@H]4COCCO4)OC3)c12. The second kappa shape index (κ2) is 49.0. The number of Topliss-reactive ketones (excluding diaryl/α,β-unsaturated/α-hetero) is 1. The second-order valence-corrected chi connectivity index (χ2v) is 39.6. The number of hydrogen-bond donors (Lipinski definition) is 12. The van der Waals surface area contributed by atoms with Crippen LogP contribution < -0.4 is 37.6 Å². The fourth-order valence-corrected chi connectivity index (χ4v) is 20.7. The minimum atomic E-state index is -0.506. The van der Waals surface area contributed by atoms with Crippen molar-refractivity contribution in [3.8, 4) is 0 Å². The van der Waals surface area contributed by atoms with Crippen LogP contribution >= 0.6 is 34.8 Å². The molecule has 6 aliphatic rings. The van der Waals surface area contributed by atoms with Crippen LogP contribution in [0.2, 0.25) is 15.1 Å². The summed E-state index contributed by atoms with van der Waals surface area (Å²) in [6, 6.07) is 38.0. The predicted octanol–water partition coefficient (Wildman–Crippen LogP) is 18.5. The molecule has 6 fully saturated rings. The molecular formula is C109H122Cl3N23O11. The van der Waals surface area contributed by atoms with Gasteiger partial charge < -0.3 is 91.2 Å². The van der Waals surface area contributed by atoms with Crippen LogP contribution in [-0.2, 0) is 28.5 Å². The number of nitrogens with one attached hydrogen (secondary N) is 11. The fraction of sp³-hybridized carbons (Fsp3) is 0.385. The number of aromatic amines is 5. The van der Waals surface area contributed by atoms with E-state index in [-0.39, 0.29) is 70.9 Å². The lowest BCUT2D eigenvalue weighted by Gasteiger charge is -2.33. The summed E-state index contributed by atoms with van der Waals surface area (Å²) in [5, 5.41) is 25.0. The zero-order valence-corrected chi connectivity index (χ0v) is 84.7. The number of anilines is 5. The number of carbonyl (C=O) groups is 7. The maximum absolute atomic E-state index is 13.3. The monoisotopic (exact) mass is 2030 g/mol. The lowest BCUT2D eigenvalue weighted by Crippen LogP contribution is -2.47.